The summed E-state index contributed by atoms with van der Waals surface area (Å²) in [6.07, 6.45) is 2.64. The van der Waals surface area contributed by atoms with Crippen molar-refractivity contribution in [1.29, 1.82) is 0 Å². The minimum absolute atomic E-state index is 0.0699. The molecule has 1 unspecified atom stereocenters. The van der Waals surface area contributed by atoms with Gasteiger partial charge in [0.1, 0.15) is 17.3 Å². The highest BCUT2D eigenvalue weighted by Gasteiger charge is 2.46. The molecule has 38 heavy (non-hydrogen) atoms. The van der Waals surface area contributed by atoms with Gasteiger partial charge >= 0.3 is 0 Å². The van der Waals surface area contributed by atoms with E-state index in [2.05, 4.69) is 22.9 Å². The number of amides is 1. The van der Waals surface area contributed by atoms with Crippen molar-refractivity contribution in [3.8, 4) is 11.5 Å². The molecule has 2 aromatic heterocycles. The smallest absolute Gasteiger partial charge is 0.295 e. The summed E-state index contributed by atoms with van der Waals surface area (Å²) in [5, 5.41) is 14.5. The van der Waals surface area contributed by atoms with Crippen molar-refractivity contribution in [3.05, 3.63) is 87.8 Å². The summed E-state index contributed by atoms with van der Waals surface area (Å²) >= 11 is 1.45. The third kappa shape index (κ3) is 4.56. The summed E-state index contributed by atoms with van der Waals surface area (Å²) in [6.45, 7) is 4.91. The lowest BCUT2D eigenvalue weighted by Crippen LogP contribution is -2.31. The summed E-state index contributed by atoms with van der Waals surface area (Å²) in [7, 11) is 2.00. The number of ether oxygens (including phenoxy) is 2. The minimum Gasteiger partial charge on any atom is -0.507 e. The van der Waals surface area contributed by atoms with Gasteiger partial charge in [-0.3, -0.25) is 9.59 Å². The number of aryl methyl sites for hydroxylation is 1. The number of Topliss-reactive ketones (excluding diaryl/α,β-unsaturated/α-hetero) is 1. The van der Waals surface area contributed by atoms with Crippen LogP contribution in [0, 0.1) is 0 Å². The molecule has 1 fully saturated rings. The van der Waals surface area contributed by atoms with Crippen LogP contribution in [-0.4, -0.2) is 46.0 Å². The molecule has 2 aromatic carbocycles. The topological polar surface area (TPSA) is 81.0 Å². The number of benzene rings is 2. The van der Waals surface area contributed by atoms with Gasteiger partial charge in [-0.15, -0.1) is 11.3 Å². The molecule has 7 nitrogen and oxygen atoms in total. The van der Waals surface area contributed by atoms with Crippen molar-refractivity contribution < 1.29 is 24.2 Å². The van der Waals surface area contributed by atoms with Gasteiger partial charge < -0.3 is 24.0 Å². The maximum atomic E-state index is 13.4. The summed E-state index contributed by atoms with van der Waals surface area (Å²) < 4.78 is 13.4. The number of para-hydroxylation sites is 1. The van der Waals surface area contributed by atoms with Gasteiger partial charge in [0.15, 0.2) is 0 Å². The third-order valence-corrected chi connectivity index (χ3v) is 7.70. The van der Waals surface area contributed by atoms with Gasteiger partial charge in [-0.2, -0.15) is 0 Å². The van der Waals surface area contributed by atoms with Crippen molar-refractivity contribution in [1.82, 2.24) is 9.47 Å². The highest BCUT2D eigenvalue weighted by Crippen LogP contribution is 2.43. The van der Waals surface area contributed by atoms with E-state index in [1.165, 1.54) is 11.3 Å². The number of aliphatic hydroxyl groups is 1. The predicted molar refractivity (Wildman–Crippen MR) is 149 cm³/mol. The normalized spacial score (nSPS) is 16.9. The Morgan fingerprint density at radius 3 is 2.55 bits per heavy atom. The average molecular weight is 531 g/mol. The number of thiophene rings is 1. The Bertz CT molecular complexity index is 1520. The quantitative estimate of drug-likeness (QED) is 0.171. The first-order valence-corrected chi connectivity index (χ1v) is 13.6. The van der Waals surface area contributed by atoms with Gasteiger partial charge in [-0.05, 0) is 55.5 Å². The van der Waals surface area contributed by atoms with Crippen LogP contribution < -0.4 is 9.47 Å². The number of ketones is 1. The number of fused-ring (bicyclic) bond motifs is 1. The summed E-state index contributed by atoms with van der Waals surface area (Å²) in [6, 6.07) is 16.3. The van der Waals surface area contributed by atoms with Crippen LogP contribution in [0.25, 0.3) is 16.7 Å². The molecule has 1 saturated heterocycles. The molecule has 8 heteroatoms. The lowest BCUT2D eigenvalue weighted by atomic mass is 9.99. The number of hydrogen-bond donors (Lipinski definition) is 1. The number of rotatable bonds is 9. The number of carbonyl (C=O) groups is 2. The number of hydrogen-bond acceptors (Lipinski definition) is 6. The van der Waals surface area contributed by atoms with Crippen molar-refractivity contribution >= 4 is 39.7 Å². The zero-order chi connectivity index (χ0) is 26.8. The fourth-order valence-corrected chi connectivity index (χ4v) is 5.94. The maximum Gasteiger partial charge on any atom is 0.295 e. The van der Waals surface area contributed by atoms with E-state index in [0.29, 0.717) is 43.2 Å². The molecule has 5 rings (SSSR count). The molecular weight excluding hydrogens is 500 g/mol. The first-order valence-electron chi connectivity index (χ1n) is 12.7. The van der Waals surface area contributed by atoms with E-state index in [1.807, 2.05) is 50.5 Å². The lowest BCUT2D eigenvalue weighted by molar-refractivity contribution is -0.139. The summed E-state index contributed by atoms with van der Waals surface area (Å²) in [5.74, 6) is -0.578. The van der Waals surface area contributed by atoms with Crippen molar-refractivity contribution in [2.45, 2.75) is 26.3 Å². The second kappa shape index (κ2) is 10.8. The van der Waals surface area contributed by atoms with Gasteiger partial charge in [0.2, 0.25) is 0 Å². The van der Waals surface area contributed by atoms with Crippen LogP contribution in [0.4, 0.5) is 0 Å². The highest BCUT2D eigenvalue weighted by molar-refractivity contribution is 7.10. The molecule has 1 aliphatic rings. The van der Waals surface area contributed by atoms with Gasteiger partial charge in [0.05, 0.1) is 30.4 Å². The van der Waals surface area contributed by atoms with Gasteiger partial charge in [-0.1, -0.05) is 24.3 Å². The largest absolute Gasteiger partial charge is 0.507 e. The van der Waals surface area contributed by atoms with E-state index in [9.17, 15) is 14.7 Å². The standard InChI is InChI=1S/C30H30N2O5S/c1-4-36-20-12-13-22(24(17-20)37-5-2)28(33)26-27(25-11-8-16-38-25)32(30(35)29(26)34)15-14-19-18-31(3)23-10-7-6-9-21(19)23/h6-13,16-18,27,33H,4-5,14-15H2,1-3H3/b28-26-. The Balaban J connectivity index is 1.55. The monoisotopic (exact) mass is 530 g/mol. The fraction of sp³-hybridized carbons (Fsp3) is 0.267. The molecule has 4 aromatic rings. The molecule has 1 amide bonds. The molecule has 1 N–H and O–H groups in total. The van der Waals surface area contributed by atoms with E-state index >= 15 is 0 Å². The van der Waals surface area contributed by atoms with Crippen LogP contribution in [0.3, 0.4) is 0 Å². The number of aromatic nitrogens is 1. The number of aliphatic hydroxyl groups excluding tert-OH is 1. The lowest BCUT2D eigenvalue weighted by Gasteiger charge is -2.24. The van der Waals surface area contributed by atoms with Crippen molar-refractivity contribution in [3.63, 3.8) is 0 Å². The Morgan fingerprint density at radius 2 is 1.82 bits per heavy atom. The van der Waals surface area contributed by atoms with E-state index < -0.39 is 17.7 Å². The van der Waals surface area contributed by atoms with Gasteiger partial charge in [0, 0.05) is 41.6 Å². The molecule has 1 aliphatic heterocycles. The fourth-order valence-electron chi connectivity index (χ4n) is 5.09. The van der Waals surface area contributed by atoms with Crippen molar-refractivity contribution in [2.24, 2.45) is 7.05 Å². The molecule has 0 bridgehead atoms. The molecule has 0 radical (unpaired) electrons. The van der Waals surface area contributed by atoms with Crippen LogP contribution in [0.1, 0.15) is 35.9 Å². The third-order valence-electron chi connectivity index (χ3n) is 6.77. The Kier molecular flexibility index (Phi) is 7.24. The van der Waals surface area contributed by atoms with Crippen LogP contribution in [-0.2, 0) is 23.1 Å². The summed E-state index contributed by atoms with van der Waals surface area (Å²) in [4.78, 5) is 29.2. The number of nitrogens with zero attached hydrogens (tertiary/aromatic N) is 2. The van der Waals surface area contributed by atoms with E-state index in [0.717, 1.165) is 21.3 Å². The number of likely N-dealkylation sites (tertiary alicyclic amines) is 1. The maximum absolute atomic E-state index is 13.4. The second-order valence-electron chi connectivity index (χ2n) is 9.06. The van der Waals surface area contributed by atoms with E-state index in [1.54, 1.807) is 23.1 Å². The van der Waals surface area contributed by atoms with Crippen LogP contribution in [0.15, 0.2) is 71.7 Å². The minimum atomic E-state index is -0.699. The van der Waals surface area contributed by atoms with Gasteiger partial charge in [0.25, 0.3) is 11.7 Å². The molecule has 0 saturated carbocycles. The molecule has 0 aliphatic carbocycles. The van der Waals surface area contributed by atoms with Crippen LogP contribution in [0.5, 0.6) is 11.5 Å². The van der Waals surface area contributed by atoms with Crippen molar-refractivity contribution in [2.75, 3.05) is 19.8 Å². The zero-order valence-corrected chi connectivity index (χ0v) is 22.5. The van der Waals surface area contributed by atoms with E-state index in [-0.39, 0.29) is 11.3 Å². The molecule has 196 valence electrons. The van der Waals surface area contributed by atoms with Crippen LogP contribution >= 0.6 is 11.3 Å². The molecule has 0 spiro atoms. The van der Waals surface area contributed by atoms with Crippen LogP contribution in [0.2, 0.25) is 0 Å². The van der Waals surface area contributed by atoms with E-state index in [4.69, 9.17) is 9.47 Å². The SMILES string of the molecule is CCOc1ccc(/C(O)=C2/C(=O)C(=O)N(CCc3cn(C)c4ccccc34)C2c2cccs2)c(OCC)c1. The Labute approximate surface area is 225 Å². The second-order valence-corrected chi connectivity index (χ2v) is 10.0. The Morgan fingerprint density at radius 1 is 1.03 bits per heavy atom. The average Bonchev–Trinajstić information content (AvgIpc) is 3.62. The molecule has 1 atom stereocenters. The summed E-state index contributed by atoms with van der Waals surface area (Å²) in [5.41, 5.74) is 2.63. The van der Waals surface area contributed by atoms with Gasteiger partial charge in [-0.25, -0.2) is 0 Å². The number of carbonyl (C=O) groups excluding carboxylic acids is 2. The molecule has 3 heterocycles. The first kappa shape index (κ1) is 25.6. The highest BCUT2D eigenvalue weighted by atomic mass is 32.1. The molecular formula is C30H30N2O5S. The zero-order valence-electron chi connectivity index (χ0n) is 21.6. The predicted octanol–water partition coefficient (Wildman–Crippen LogP) is 5.70. The first-order chi connectivity index (χ1) is 18.4. The Hall–Kier alpha value is -4.04.